The van der Waals surface area contributed by atoms with E-state index in [2.05, 4.69) is 5.32 Å². The second kappa shape index (κ2) is 8.45. The van der Waals surface area contributed by atoms with E-state index in [4.69, 9.17) is 21.1 Å². The van der Waals surface area contributed by atoms with Crippen LogP contribution in [0.25, 0.3) is 0 Å². The zero-order valence-corrected chi connectivity index (χ0v) is 15.7. The molecule has 0 radical (unpaired) electrons. The first-order chi connectivity index (χ1) is 12.2. The number of nitrogens with zero attached hydrogens (tertiary/aromatic N) is 1. The third-order valence-corrected chi connectivity index (χ3v) is 5.08. The molecule has 2 aromatic rings. The van der Waals surface area contributed by atoms with Crippen molar-refractivity contribution in [2.24, 2.45) is 0 Å². The number of urea groups is 1. The van der Waals surface area contributed by atoms with Crippen LogP contribution in [0.1, 0.15) is 17.4 Å². The smallest absolute Gasteiger partial charge is 0.317 e. The minimum absolute atomic E-state index is 0.0560. The van der Waals surface area contributed by atoms with Gasteiger partial charge in [0.15, 0.2) is 11.5 Å². The van der Waals surface area contributed by atoms with E-state index in [1.807, 2.05) is 36.6 Å². The molecule has 1 N–H and O–H groups in total. The molecule has 134 valence electrons. The van der Waals surface area contributed by atoms with Crippen molar-refractivity contribution in [1.82, 2.24) is 10.2 Å². The van der Waals surface area contributed by atoms with Crippen LogP contribution in [0, 0.1) is 0 Å². The van der Waals surface area contributed by atoms with Gasteiger partial charge >= 0.3 is 6.03 Å². The molecule has 2 amide bonds. The minimum atomic E-state index is -0.0560. The second-order valence-corrected chi connectivity index (χ2v) is 7.12. The van der Waals surface area contributed by atoms with Gasteiger partial charge in [0.05, 0.1) is 11.6 Å². The van der Waals surface area contributed by atoms with Crippen LogP contribution in [-0.2, 0) is 13.0 Å². The van der Waals surface area contributed by atoms with Gasteiger partial charge in [0.2, 0.25) is 0 Å². The quantitative estimate of drug-likeness (QED) is 0.825. The lowest BCUT2D eigenvalue weighted by Crippen LogP contribution is -2.40. The van der Waals surface area contributed by atoms with Crippen molar-refractivity contribution in [2.75, 3.05) is 26.3 Å². The highest BCUT2D eigenvalue weighted by Gasteiger charge is 2.17. The van der Waals surface area contributed by atoms with Crippen molar-refractivity contribution in [2.45, 2.75) is 19.9 Å². The normalized spacial score (nSPS) is 12.7. The van der Waals surface area contributed by atoms with Crippen molar-refractivity contribution in [3.05, 3.63) is 45.1 Å². The summed E-state index contributed by atoms with van der Waals surface area (Å²) >= 11 is 7.90. The van der Waals surface area contributed by atoms with E-state index in [0.717, 1.165) is 5.56 Å². The molecule has 0 saturated carbocycles. The molecule has 0 spiro atoms. The lowest BCUT2D eigenvalue weighted by molar-refractivity contribution is 0.171. The molecule has 1 aromatic heterocycles. The summed E-state index contributed by atoms with van der Waals surface area (Å²) in [5, 5.41) is 5.54. The van der Waals surface area contributed by atoms with Gasteiger partial charge in [0.25, 0.3) is 0 Å². The lowest BCUT2D eigenvalue weighted by Gasteiger charge is -2.21. The van der Waals surface area contributed by atoms with E-state index >= 15 is 0 Å². The van der Waals surface area contributed by atoms with Gasteiger partial charge in [-0.1, -0.05) is 17.7 Å². The van der Waals surface area contributed by atoms with Crippen molar-refractivity contribution < 1.29 is 14.3 Å². The number of halogens is 1. The Bertz CT molecular complexity index is 721. The molecular weight excluding hydrogens is 360 g/mol. The van der Waals surface area contributed by atoms with Gasteiger partial charge in [-0.2, -0.15) is 0 Å². The number of rotatable bonds is 6. The van der Waals surface area contributed by atoms with Crippen molar-refractivity contribution in [3.8, 4) is 11.5 Å². The zero-order chi connectivity index (χ0) is 17.6. The first-order valence-electron chi connectivity index (χ1n) is 8.30. The Morgan fingerprint density at radius 3 is 2.96 bits per heavy atom. The number of fused-ring (bicyclic) bond motifs is 1. The molecule has 0 saturated heterocycles. The molecule has 2 heterocycles. The van der Waals surface area contributed by atoms with E-state index in [1.165, 1.54) is 4.88 Å². The van der Waals surface area contributed by atoms with E-state index in [1.54, 1.807) is 16.2 Å². The lowest BCUT2D eigenvalue weighted by atomic mass is 10.1. The Kier molecular flexibility index (Phi) is 6.04. The first-order valence-corrected chi connectivity index (χ1v) is 9.56. The van der Waals surface area contributed by atoms with Crippen molar-refractivity contribution in [3.63, 3.8) is 0 Å². The van der Waals surface area contributed by atoms with Gasteiger partial charge in [-0.15, -0.1) is 11.3 Å². The predicted molar refractivity (Wildman–Crippen MR) is 99.9 cm³/mol. The number of nitrogens with one attached hydrogen (secondary N) is 1. The third kappa shape index (κ3) is 4.58. The third-order valence-electron chi connectivity index (χ3n) is 3.94. The fourth-order valence-electron chi connectivity index (χ4n) is 2.65. The number of amides is 2. The summed E-state index contributed by atoms with van der Waals surface area (Å²) in [7, 11) is 0. The predicted octanol–water partition coefficient (Wildman–Crippen LogP) is 3.95. The van der Waals surface area contributed by atoms with Gasteiger partial charge < -0.3 is 19.7 Å². The molecule has 7 heteroatoms. The van der Waals surface area contributed by atoms with Crippen LogP contribution in [0.4, 0.5) is 4.79 Å². The average Bonchev–Trinajstić information content (AvgIpc) is 3.13. The Balaban J connectivity index is 1.53. The van der Waals surface area contributed by atoms with Crippen LogP contribution in [-0.4, -0.2) is 37.2 Å². The van der Waals surface area contributed by atoms with Crippen LogP contribution >= 0.6 is 22.9 Å². The van der Waals surface area contributed by atoms with E-state index < -0.39 is 0 Å². The maximum atomic E-state index is 12.3. The van der Waals surface area contributed by atoms with E-state index in [0.29, 0.717) is 55.8 Å². The molecule has 1 aliphatic heterocycles. The largest absolute Gasteiger partial charge is 0.486 e. The highest BCUT2D eigenvalue weighted by Crippen LogP contribution is 2.38. The summed E-state index contributed by atoms with van der Waals surface area (Å²) in [6.45, 7) is 4.86. The Hall–Kier alpha value is -1.92. The number of carbonyl (C=O) groups excluding carboxylic acids is 1. The molecular formula is C18H21ClN2O3S. The number of hydrogen-bond acceptors (Lipinski definition) is 4. The molecule has 1 aliphatic rings. The molecule has 25 heavy (non-hydrogen) atoms. The minimum Gasteiger partial charge on any atom is -0.486 e. The summed E-state index contributed by atoms with van der Waals surface area (Å²) in [5.41, 5.74) is 1.01. The fraction of sp³-hybridized carbons (Fsp3) is 0.389. The van der Waals surface area contributed by atoms with Gasteiger partial charge in [0.1, 0.15) is 13.2 Å². The molecule has 0 bridgehead atoms. The number of thiophene rings is 1. The van der Waals surface area contributed by atoms with Crippen LogP contribution < -0.4 is 14.8 Å². The summed E-state index contributed by atoms with van der Waals surface area (Å²) in [6.07, 6.45) is 0.679. The summed E-state index contributed by atoms with van der Waals surface area (Å²) in [6, 6.07) is 7.77. The molecule has 1 aromatic carbocycles. The van der Waals surface area contributed by atoms with Gasteiger partial charge in [-0.3, -0.25) is 0 Å². The summed E-state index contributed by atoms with van der Waals surface area (Å²) in [5.74, 6) is 1.28. The average molecular weight is 381 g/mol. The standard InChI is InChI=1S/C18H21ClN2O3S/c1-2-21(12-14-4-3-9-25-14)18(22)20-6-5-13-10-15(19)17-16(11-13)23-7-8-24-17/h3-4,9-11H,2,5-8,12H2,1H3,(H,20,22). The van der Waals surface area contributed by atoms with Crippen LogP contribution in [0.15, 0.2) is 29.6 Å². The van der Waals surface area contributed by atoms with E-state index in [-0.39, 0.29) is 6.03 Å². The van der Waals surface area contributed by atoms with Crippen molar-refractivity contribution in [1.29, 1.82) is 0 Å². The maximum Gasteiger partial charge on any atom is 0.317 e. The zero-order valence-electron chi connectivity index (χ0n) is 14.1. The van der Waals surface area contributed by atoms with Crippen LogP contribution in [0.2, 0.25) is 5.02 Å². The maximum absolute atomic E-state index is 12.3. The first kappa shape index (κ1) is 17.9. The van der Waals surface area contributed by atoms with E-state index in [9.17, 15) is 4.79 Å². The van der Waals surface area contributed by atoms with Crippen molar-refractivity contribution >= 4 is 29.0 Å². The monoisotopic (exact) mass is 380 g/mol. The second-order valence-electron chi connectivity index (χ2n) is 5.68. The number of carbonyl (C=O) groups is 1. The Morgan fingerprint density at radius 1 is 1.36 bits per heavy atom. The number of ether oxygens (including phenoxy) is 2. The van der Waals surface area contributed by atoms with Gasteiger partial charge in [-0.25, -0.2) is 4.79 Å². The summed E-state index contributed by atoms with van der Waals surface area (Å²) in [4.78, 5) is 15.3. The van der Waals surface area contributed by atoms with Crippen LogP contribution in [0.3, 0.4) is 0 Å². The SMILES string of the molecule is CCN(Cc1cccs1)C(=O)NCCc1cc(Cl)c2c(c1)OCCO2. The van der Waals surface area contributed by atoms with Gasteiger partial charge in [-0.05, 0) is 42.5 Å². The highest BCUT2D eigenvalue weighted by atomic mass is 35.5. The Labute approximate surface area is 156 Å². The fourth-order valence-corrected chi connectivity index (χ4v) is 3.66. The highest BCUT2D eigenvalue weighted by molar-refractivity contribution is 7.09. The molecule has 0 fully saturated rings. The number of benzene rings is 1. The molecule has 0 aliphatic carbocycles. The number of hydrogen-bond donors (Lipinski definition) is 1. The van der Waals surface area contributed by atoms with Gasteiger partial charge in [0, 0.05) is 18.0 Å². The molecule has 5 nitrogen and oxygen atoms in total. The van der Waals surface area contributed by atoms with Crippen LogP contribution in [0.5, 0.6) is 11.5 Å². The topological polar surface area (TPSA) is 50.8 Å². The molecule has 0 unspecified atom stereocenters. The Morgan fingerprint density at radius 2 is 2.20 bits per heavy atom. The molecule has 0 atom stereocenters. The summed E-state index contributed by atoms with van der Waals surface area (Å²) < 4.78 is 11.1. The molecule has 3 rings (SSSR count).